The molecule has 0 aliphatic rings. The highest BCUT2D eigenvalue weighted by molar-refractivity contribution is 6.33. The van der Waals surface area contributed by atoms with Crippen LogP contribution >= 0.6 is 11.6 Å². The number of hydrogen-bond acceptors (Lipinski definition) is 3. The van der Waals surface area contributed by atoms with Gasteiger partial charge in [-0.2, -0.15) is 0 Å². The Morgan fingerprint density at radius 2 is 1.75 bits per heavy atom. The van der Waals surface area contributed by atoms with Crippen molar-refractivity contribution in [3.8, 4) is 11.5 Å². The number of rotatable bonds is 3. The third-order valence-electron chi connectivity index (χ3n) is 2.95. The molecule has 0 aliphatic heterocycles. The Labute approximate surface area is 120 Å². The molecule has 3 rings (SSSR count). The monoisotopic (exact) mass is 283 g/mol. The first-order chi connectivity index (χ1) is 9.79. The van der Waals surface area contributed by atoms with E-state index in [1.54, 1.807) is 24.4 Å². The Hall–Kier alpha value is -2.39. The maximum atomic E-state index is 11.1. The number of hydrogen-bond donors (Lipinski definition) is 0. The largest absolute Gasteiger partial charge is 0.454 e. The molecule has 0 saturated heterocycles. The minimum Gasteiger partial charge on any atom is -0.454 e. The molecular weight excluding hydrogens is 274 g/mol. The van der Waals surface area contributed by atoms with E-state index in [4.69, 9.17) is 16.3 Å². The first kappa shape index (κ1) is 12.6. The van der Waals surface area contributed by atoms with Gasteiger partial charge in [0.1, 0.15) is 11.3 Å². The summed E-state index contributed by atoms with van der Waals surface area (Å²) < 4.78 is 5.82. The lowest BCUT2D eigenvalue weighted by Gasteiger charge is -2.10. The fourth-order valence-corrected chi connectivity index (χ4v) is 2.21. The molecule has 1 heterocycles. The van der Waals surface area contributed by atoms with E-state index in [9.17, 15) is 4.79 Å². The number of aldehydes is 1. The number of para-hydroxylation sites is 1. The molecule has 0 bridgehead atoms. The zero-order chi connectivity index (χ0) is 13.9. The van der Waals surface area contributed by atoms with Crippen molar-refractivity contribution in [3.63, 3.8) is 0 Å². The molecule has 1 aromatic heterocycles. The van der Waals surface area contributed by atoms with Crippen molar-refractivity contribution in [3.05, 3.63) is 65.3 Å². The highest BCUT2D eigenvalue weighted by Gasteiger charge is 2.10. The second kappa shape index (κ2) is 5.31. The standard InChI is InChI=1S/C16H10ClNO2/c17-13-6-2-7-14(12(13)10-19)20-15-8-1-4-11-5-3-9-18-16(11)15/h1-10H. The molecule has 3 nitrogen and oxygen atoms in total. The Bertz CT molecular complexity index is 781. The first-order valence-corrected chi connectivity index (χ1v) is 6.42. The maximum absolute atomic E-state index is 11.1. The van der Waals surface area contributed by atoms with Gasteiger partial charge in [-0.15, -0.1) is 0 Å². The topological polar surface area (TPSA) is 39.2 Å². The van der Waals surface area contributed by atoms with E-state index < -0.39 is 0 Å². The summed E-state index contributed by atoms with van der Waals surface area (Å²) in [5.41, 5.74) is 1.08. The minimum atomic E-state index is 0.335. The predicted octanol–water partition coefficient (Wildman–Crippen LogP) is 4.49. The van der Waals surface area contributed by atoms with Crippen LogP contribution in [0.4, 0.5) is 0 Å². The average molecular weight is 284 g/mol. The van der Waals surface area contributed by atoms with Crippen LogP contribution in [0.5, 0.6) is 11.5 Å². The second-order valence-corrected chi connectivity index (χ2v) is 4.61. The van der Waals surface area contributed by atoms with E-state index in [0.29, 0.717) is 28.4 Å². The number of carbonyl (C=O) groups excluding carboxylic acids is 1. The second-order valence-electron chi connectivity index (χ2n) is 4.20. The molecule has 20 heavy (non-hydrogen) atoms. The van der Waals surface area contributed by atoms with Gasteiger partial charge in [0, 0.05) is 11.6 Å². The van der Waals surface area contributed by atoms with Gasteiger partial charge < -0.3 is 4.74 Å². The van der Waals surface area contributed by atoms with Crippen LogP contribution in [-0.2, 0) is 0 Å². The van der Waals surface area contributed by atoms with Crippen LogP contribution in [0.3, 0.4) is 0 Å². The molecule has 0 amide bonds. The summed E-state index contributed by atoms with van der Waals surface area (Å²) in [7, 11) is 0. The van der Waals surface area contributed by atoms with Crippen molar-refractivity contribution in [2.75, 3.05) is 0 Å². The van der Waals surface area contributed by atoms with Crippen LogP contribution in [0.15, 0.2) is 54.7 Å². The van der Waals surface area contributed by atoms with Crippen molar-refractivity contribution in [1.29, 1.82) is 0 Å². The number of aromatic nitrogens is 1. The lowest BCUT2D eigenvalue weighted by molar-refractivity contribution is 0.112. The van der Waals surface area contributed by atoms with Crippen LogP contribution in [0.25, 0.3) is 10.9 Å². The van der Waals surface area contributed by atoms with Crippen LogP contribution in [0.2, 0.25) is 5.02 Å². The van der Waals surface area contributed by atoms with E-state index >= 15 is 0 Å². The molecular formula is C16H10ClNO2. The number of fused-ring (bicyclic) bond motifs is 1. The number of halogens is 1. The maximum Gasteiger partial charge on any atom is 0.155 e. The van der Waals surface area contributed by atoms with E-state index in [1.807, 2.05) is 30.3 Å². The van der Waals surface area contributed by atoms with Gasteiger partial charge in [-0.3, -0.25) is 9.78 Å². The van der Waals surface area contributed by atoms with Crippen LogP contribution in [0.1, 0.15) is 10.4 Å². The van der Waals surface area contributed by atoms with Crippen molar-refractivity contribution >= 4 is 28.8 Å². The van der Waals surface area contributed by atoms with E-state index in [2.05, 4.69) is 4.98 Å². The predicted molar refractivity (Wildman–Crippen MR) is 78.7 cm³/mol. The van der Waals surface area contributed by atoms with Crippen molar-refractivity contribution < 1.29 is 9.53 Å². The molecule has 0 N–H and O–H groups in total. The molecule has 0 fully saturated rings. The molecule has 0 spiro atoms. The summed E-state index contributed by atoms with van der Waals surface area (Å²) in [6, 6.07) is 14.6. The fourth-order valence-electron chi connectivity index (χ4n) is 2.00. The number of nitrogens with zero attached hydrogens (tertiary/aromatic N) is 1. The van der Waals surface area contributed by atoms with Gasteiger partial charge in [-0.25, -0.2) is 0 Å². The van der Waals surface area contributed by atoms with E-state index in [1.165, 1.54) is 0 Å². The molecule has 0 radical (unpaired) electrons. The quantitative estimate of drug-likeness (QED) is 0.665. The van der Waals surface area contributed by atoms with Gasteiger partial charge in [-0.1, -0.05) is 35.9 Å². The van der Waals surface area contributed by atoms with Crippen molar-refractivity contribution in [2.24, 2.45) is 0 Å². The molecule has 4 heteroatoms. The lowest BCUT2D eigenvalue weighted by Crippen LogP contribution is -1.93. The van der Waals surface area contributed by atoms with Gasteiger partial charge in [0.15, 0.2) is 12.0 Å². The Kier molecular flexibility index (Phi) is 3.35. The lowest BCUT2D eigenvalue weighted by atomic mass is 10.2. The molecule has 2 aromatic carbocycles. The van der Waals surface area contributed by atoms with Crippen LogP contribution in [0, 0.1) is 0 Å². The smallest absolute Gasteiger partial charge is 0.155 e. The average Bonchev–Trinajstić information content (AvgIpc) is 2.48. The Morgan fingerprint density at radius 1 is 1.00 bits per heavy atom. The summed E-state index contributed by atoms with van der Waals surface area (Å²) in [6.07, 6.45) is 2.39. The molecule has 0 aliphatic carbocycles. The molecule has 3 aromatic rings. The van der Waals surface area contributed by atoms with E-state index in [-0.39, 0.29) is 0 Å². The minimum absolute atomic E-state index is 0.335. The fraction of sp³-hybridized carbons (Fsp3) is 0. The third kappa shape index (κ3) is 2.24. The summed E-state index contributed by atoms with van der Waals surface area (Å²) >= 11 is 5.99. The number of carbonyl (C=O) groups is 1. The van der Waals surface area contributed by atoms with Gasteiger partial charge >= 0.3 is 0 Å². The van der Waals surface area contributed by atoms with Gasteiger partial charge in [0.05, 0.1) is 10.6 Å². The molecule has 0 atom stereocenters. The van der Waals surface area contributed by atoms with E-state index in [0.717, 1.165) is 10.9 Å². The zero-order valence-corrected chi connectivity index (χ0v) is 11.2. The first-order valence-electron chi connectivity index (χ1n) is 6.05. The number of benzene rings is 2. The van der Waals surface area contributed by atoms with Gasteiger partial charge in [0.25, 0.3) is 0 Å². The summed E-state index contributed by atoms with van der Waals surface area (Å²) in [5.74, 6) is 1.01. The molecule has 0 unspecified atom stereocenters. The van der Waals surface area contributed by atoms with Crippen molar-refractivity contribution in [1.82, 2.24) is 4.98 Å². The molecule has 98 valence electrons. The molecule has 0 saturated carbocycles. The highest BCUT2D eigenvalue weighted by atomic mass is 35.5. The zero-order valence-electron chi connectivity index (χ0n) is 10.4. The van der Waals surface area contributed by atoms with Crippen LogP contribution < -0.4 is 4.74 Å². The summed E-state index contributed by atoms with van der Waals surface area (Å²) in [6.45, 7) is 0. The van der Waals surface area contributed by atoms with Crippen LogP contribution in [-0.4, -0.2) is 11.3 Å². The highest BCUT2D eigenvalue weighted by Crippen LogP contribution is 2.32. The normalized spacial score (nSPS) is 10.4. The Balaban J connectivity index is 2.10. The SMILES string of the molecule is O=Cc1c(Cl)cccc1Oc1cccc2cccnc12. The Morgan fingerprint density at radius 3 is 2.60 bits per heavy atom. The van der Waals surface area contributed by atoms with Gasteiger partial charge in [0.2, 0.25) is 0 Å². The summed E-state index contributed by atoms with van der Waals surface area (Å²) in [4.78, 5) is 15.4. The third-order valence-corrected chi connectivity index (χ3v) is 3.28. The summed E-state index contributed by atoms with van der Waals surface area (Å²) in [5, 5.41) is 1.34. The number of pyridine rings is 1. The van der Waals surface area contributed by atoms with Crippen molar-refractivity contribution in [2.45, 2.75) is 0 Å². The van der Waals surface area contributed by atoms with Gasteiger partial charge in [-0.05, 0) is 24.3 Å². The number of ether oxygens (including phenoxy) is 1.